The molecule has 0 fully saturated rings. The van der Waals surface area contributed by atoms with Crippen LogP contribution in [0.4, 0.5) is 9.52 Å². The summed E-state index contributed by atoms with van der Waals surface area (Å²) < 4.78 is 13.4. The molecule has 0 atom stereocenters. The molecule has 2 N–H and O–H groups in total. The normalized spacial score (nSPS) is 11.2. The smallest absolute Gasteiger partial charge is 0.267 e. The first kappa shape index (κ1) is 18.9. The maximum Gasteiger partial charge on any atom is 0.267 e. The number of hydrogen-bond acceptors (Lipinski definition) is 5. The number of rotatable bonds is 5. The Hall–Kier alpha value is -3.42. The molecule has 0 saturated carbocycles. The van der Waals surface area contributed by atoms with Crippen LogP contribution in [0.5, 0.6) is 0 Å². The molecule has 2 aromatic heterocycles. The maximum absolute atomic E-state index is 13.4. The molecular weight excluding hydrogens is 389 g/mol. The molecule has 4 rings (SSSR count). The highest BCUT2D eigenvalue weighted by molar-refractivity contribution is 7.14. The first-order chi connectivity index (χ1) is 14.1. The van der Waals surface area contributed by atoms with Crippen LogP contribution in [0.15, 0.2) is 84.5 Å². The molecule has 0 aliphatic heterocycles. The first-order valence-electron chi connectivity index (χ1n) is 8.78. The SMILES string of the molecule is O=C(Nc1nc(-c2cncc(F)c2)cs1)C(O)(c1ccccc1)c1ccccc1. The maximum atomic E-state index is 13.4. The molecule has 0 spiro atoms. The van der Waals surface area contributed by atoms with Gasteiger partial charge in [-0.2, -0.15) is 0 Å². The average molecular weight is 405 g/mol. The van der Waals surface area contributed by atoms with Crippen molar-refractivity contribution in [1.82, 2.24) is 9.97 Å². The molecular formula is C22H16FN3O2S. The summed E-state index contributed by atoms with van der Waals surface area (Å²) in [6.07, 6.45) is 2.60. The highest BCUT2D eigenvalue weighted by Gasteiger charge is 2.40. The summed E-state index contributed by atoms with van der Waals surface area (Å²) in [5.74, 6) is -1.10. The fourth-order valence-electron chi connectivity index (χ4n) is 2.99. The van der Waals surface area contributed by atoms with Gasteiger partial charge in [-0.05, 0) is 17.2 Å². The Morgan fingerprint density at radius 1 is 1.00 bits per heavy atom. The summed E-state index contributed by atoms with van der Waals surface area (Å²) in [6, 6.07) is 18.7. The van der Waals surface area contributed by atoms with Crippen LogP contribution in [0.3, 0.4) is 0 Å². The van der Waals surface area contributed by atoms with E-state index in [2.05, 4.69) is 15.3 Å². The number of amides is 1. The van der Waals surface area contributed by atoms with Gasteiger partial charge in [-0.3, -0.25) is 15.1 Å². The van der Waals surface area contributed by atoms with Gasteiger partial charge >= 0.3 is 0 Å². The predicted molar refractivity (Wildman–Crippen MR) is 110 cm³/mol. The van der Waals surface area contributed by atoms with Gasteiger partial charge in [0, 0.05) is 17.1 Å². The largest absolute Gasteiger partial charge is 0.372 e. The predicted octanol–water partition coefficient (Wildman–Crippen LogP) is 4.22. The van der Waals surface area contributed by atoms with E-state index in [1.54, 1.807) is 53.9 Å². The third-order valence-corrected chi connectivity index (χ3v) is 5.19. The minimum Gasteiger partial charge on any atom is -0.372 e. The number of thiazole rings is 1. The first-order valence-corrected chi connectivity index (χ1v) is 9.66. The molecule has 2 aromatic carbocycles. The molecule has 0 aliphatic rings. The average Bonchev–Trinajstić information content (AvgIpc) is 3.23. The van der Waals surface area contributed by atoms with Gasteiger partial charge in [0.05, 0.1) is 11.9 Å². The number of benzene rings is 2. The monoisotopic (exact) mass is 405 g/mol. The molecule has 29 heavy (non-hydrogen) atoms. The molecule has 4 aromatic rings. The van der Waals surface area contributed by atoms with E-state index in [0.29, 0.717) is 27.5 Å². The molecule has 5 nitrogen and oxygen atoms in total. The van der Waals surface area contributed by atoms with Crippen molar-refractivity contribution in [3.05, 3.63) is 101 Å². The molecule has 7 heteroatoms. The lowest BCUT2D eigenvalue weighted by Crippen LogP contribution is -2.41. The van der Waals surface area contributed by atoms with Crippen LogP contribution in [-0.4, -0.2) is 21.0 Å². The van der Waals surface area contributed by atoms with Gasteiger partial charge < -0.3 is 5.11 Å². The Labute approximate surface area is 170 Å². The van der Waals surface area contributed by atoms with Gasteiger partial charge in [0.1, 0.15) is 5.82 Å². The summed E-state index contributed by atoms with van der Waals surface area (Å²) in [4.78, 5) is 21.3. The molecule has 0 aliphatic carbocycles. The summed E-state index contributed by atoms with van der Waals surface area (Å²) in [7, 11) is 0. The minimum atomic E-state index is -1.89. The second-order valence-corrected chi connectivity index (χ2v) is 7.18. The van der Waals surface area contributed by atoms with Gasteiger partial charge in [-0.15, -0.1) is 11.3 Å². The Balaban J connectivity index is 1.66. The van der Waals surface area contributed by atoms with E-state index in [1.807, 2.05) is 12.1 Å². The number of nitrogens with one attached hydrogen (secondary N) is 1. The van der Waals surface area contributed by atoms with Crippen LogP contribution in [0.25, 0.3) is 11.3 Å². The standard InChI is InChI=1S/C22H16FN3O2S/c23-18-11-15(12-24-13-18)19-14-29-21(25-19)26-20(27)22(28,16-7-3-1-4-8-16)17-9-5-2-6-10-17/h1-14,28H,(H,25,26,27). The topological polar surface area (TPSA) is 75.1 Å². The van der Waals surface area contributed by atoms with Crippen molar-refractivity contribution < 1.29 is 14.3 Å². The van der Waals surface area contributed by atoms with Crippen LogP contribution >= 0.6 is 11.3 Å². The zero-order valence-corrected chi connectivity index (χ0v) is 15.9. The molecule has 0 saturated heterocycles. The highest BCUT2D eigenvalue weighted by atomic mass is 32.1. The van der Waals surface area contributed by atoms with Crippen molar-refractivity contribution in [3.8, 4) is 11.3 Å². The Kier molecular flexibility index (Phi) is 5.16. The van der Waals surface area contributed by atoms with E-state index in [4.69, 9.17) is 0 Å². The lowest BCUT2D eigenvalue weighted by atomic mass is 9.85. The number of aliphatic hydroxyl groups is 1. The minimum absolute atomic E-state index is 0.291. The fraction of sp³-hybridized carbons (Fsp3) is 0.0455. The molecule has 0 unspecified atom stereocenters. The van der Waals surface area contributed by atoms with Crippen molar-refractivity contribution in [2.24, 2.45) is 0 Å². The quantitative estimate of drug-likeness (QED) is 0.521. The number of carbonyl (C=O) groups excluding carboxylic acids is 1. The molecule has 2 heterocycles. The van der Waals surface area contributed by atoms with Crippen LogP contribution in [-0.2, 0) is 10.4 Å². The van der Waals surface area contributed by atoms with Crippen LogP contribution < -0.4 is 5.32 Å². The van der Waals surface area contributed by atoms with Gasteiger partial charge in [0.2, 0.25) is 0 Å². The fourth-order valence-corrected chi connectivity index (χ4v) is 3.71. The molecule has 0 bridgehead atoms. The summed E-state index contributed by atoms with van der Waals surface area (Å²) in [6.45, 7) is 0. The van der Waals surface area contributed by atoms with Crippen molar-refractivity contribution in [3.63, 3.8) is 0 Å². The van der Waals surface area contributed by atoms with Crippen molar-refractivity contribution in [2.75, 3.05) is 5.32 Å². The van der Waals surface area contributed by atoms with Crippen LogP contribution in [0, 0.1) is 5.82 Å². The Morgan fingerprint density at radius 2 is 1.62 bits per heavy atom. The van der Waals surface area contributed by atoms with Crippen LogP contribution in [0.1, 0.15) is 11.1 Å². The second kappa shape index (κ2) is 7.90. The Morgan fingerprint density at radius 3 is 2.21 bits per heavy atom. The number of anilines is 1. The van der Waals surface area contributed by atoms with E-state index in [-0.39, 0.29) is 0 Å². The van der Waals surface area contributed by atoms with E-state index < -0.39 is 17.3 Å². The third kappa shape index (κ3) is 3.78. The summed E-state index contributed by atoms with van der Waals surface area (Å²) in [5, 5.41) is 16.1. The van der Waals surface area contributed by atoms with Gasteiger partial charge in [0.25, 0.3) is 5.91 Å². The number of halogens is 1. The van der Waals surface area contributed by atoms with Crippen molar-refractivity contribution in [2.45, 2.75) is 5.60 Å². The van der Waals surface area contributed by atoms with E-state index in [1.165, 1.54) is 23.6 Å². The number of aromatic nitrogens is 2. The lowest BCUT2D eigenvalue weighted by molar-refractivity contribution is -0.131. The van der Waals surface area contributed by atoms with E-state index in [0.717, 1.165) is 6.20 Å². The zero-order valence-electron chi connectivity index (χ0n) is 15.1. The van der Waals surface area contributed by atoms with Gasteiger partial charge in [-0.1, -0.05) is 60.7 Å². The number of carbonyl (C=O) groups is 1. The lowest BCUT2D eigenvalue weighted by Gasteiger charge is -2.27. The summed E-state index contributed by atoms with van der Waals surface area (Å²) in [5.41, 5.74) is -0.0256. The van der Waals surface area contributed by atoms with Crippen molar-refractivity contribution >= 4 is 22.4 Å². The number of pyridine rings is 1. The molecule has 1 amide bonds. The van der Waals surface area contributed by atoms with E-state index in [9.17, 15) is 14.3 Å². The van der Waals surface area contributed by atoms with Crippen molar-refractivity contribution in [1.29, 1.82) is 0 Å². The second-order valence-electron chi connectivity index (χ2n) is 6.33. The third-order valence-electron chi connectivity index (χ3n) is 4.44. The van der Waals surface area contributed by atoms with Gasteiger partial charge in [0.15, 0.2) is 10.7 Å². The molecule has 144 valence electrons. The van der Waals surface area contributed by atoms with E-state index >= 15 is 0 Å². The molecule has 0 radical (unpaired) electrons. The van der Waals surface area contributed by atoms with Crippen LogP contribution in [0.2, 0.25) is 0 Å². The number of hydrogen-bond donors (Lipinski definition) is 2. The highest BCUT2D eigenvalue weighted by Crippen LogP contribution is 2.32. The zero-order chi connectivity index (χ0) is 20.3. The number of nitrogens with zero attached hydrogens (tertiary/aromatic N) is 2. The van der Waals surface area contributed by atoms with Gasteiger partial charge in [-0.25, -0.2) is 9.37 Å². The summed E-state index contributed by atoms with van der Waals surface area (Å²) >= 11 is 1.18. The Bertz CT molecular complexity index is 1090.